The molecular weight excluding hydrogens is 296 g/mol. The number of hydrogen-bond acceptors (Lipinski definition) is 5. The number of carbonyl (C=O) groups is 1. The molecule has 118 valence electrons. The van der Waals surface area contributed by atoms with Crippen LogP contribution in [0.4, 0.5) is 5.69 Å². The number of rotatable bonds is 8. The lowest BCUT2D eigenvalue weighted by Crippen LogP contribution is -2.22. The second kappa shape index (κ2) is 8.08. The van der Waals surface area contributed by atoms with Crippen molar-refractivity contribution in [2.24, 2.45) is 0 Å². The lowest BCUT2D eigenvalue weighted by atomic mass is 10.2. The number of amides is 1. The maximum absolute atomic E-state index is 11.8. The van der Waals surface area contributed by atoms with E-state index in [9.17, 15) is 13.2 Å². The van der Waals surface area contributed by atoms with Crippen molar-refractivity contribution >= 4 is 21.6 Å². The Hall–Kier alpha value is -1.48. The Bertz CT molecular complexity index is 586. The Morgan fingerprint density at radius 2 is 2.00 bits per heavy atom. The van der Waals surface area contributed by atoms with E-state index in [0.717, 1.165) is 0 Å². The van der Waals surface area contributed by atoms with Crippen molar-refractivity contribution in [3.05, 3.63) is 23.8 Å². The summed E-state index contributed by atoms with van der Waals surface area (Å²) in [6, 6.07) is 4.68. The number of sulfonamides is 1. The molecule has 0 bridgehead atoms. The normalized spacial score (nSPS) is 11.4. The monoisotopic (exact) mass is 316 g/mol. The van der Waals surface area contributed by atoms with Crippen LogP contribution < -0.4 is 10.0 Å². The van der Waals surface area contributed by atoms with Crippen LogP contribution in [0.1, 0.15) is 5.56 Å². The van der Waals surface area contributed by atoms with Gasteiger partial charge in [-0.25, -0.2) is 13.1 Å². The SMILES string of the molecule is CNS(=O)(=O)c1cc(NC(=O)COCCOC)ccc1C. The first-order chi connectivity index (χ1) is 9.90. The molecule has 0 heterocycles. The first kappa shape index (κ1) is 17.6. The Labute approximate surface area is 124 Å². The smallest absolute Gasteiger partial charge is 0.250 e. The van der Waals surface area contributed by atoms with Crippen molar-refractivity contribution in [1.82, 2.24) is 4.72 Å². The minimum Gasteiger partial charge on any atom is -0.382 e. The third-order valence-electron chi connectivity index (χ3n) is 2.70. The van der Waals surface area contributed by atoms with Crippen LogP contribution in [-0.2, 0) is 24.3 Å². The van der Waals surface area contributed by atoms with Gasteiger partial charge in [0.05, 0.1) is 18.1 Å². The molecule has 1 rings (SSSR count). The van der Waals surface area contributed by atoms with Crippen LogP contribution in [0.25, 0.3) is 0 Å². The molecule has 0 unspecified atom stereocenters. The van der Waals surface area contributed by atoms with Crippen LogP contribution in [-0.4, -0.2) is 48.3 Å². The quantitative estimate of drug-likeness (QED) is 0.681. The van der Waals surface area contributed by atoms with E-state index in [2.05, 4.69) is 10.0 Å². The van der Waals surface area contributed by atoms with Gasteiger partial charge in [-0.15, -0.1) is 0 Å². The van der Waals surface area contributed by atoms with Crippen LogP contribution in [0.3, 0.4) is 0 Å². The summed E-state index contributed by atoms with van der Waals surface area (Å²) in [6.07, 6.45) is 0. The molecule has 0 spiro atoms. The van der Waals surface area contributed by atoms with Gasteiger partial charge in [0.25, 0.3) is 0 Å². The number of methoxy groups -OCH3 is 1. The number of carbonyl (C=O) groups excluding carboxylic acids is 1. The highest BCUT2D eigenvalue weighted by molar-refractivity contribution is 7.89. The van der Waals surface area contributed by atoms with Gasteiger partial charge >= 0.3 is 0 Å². The zero-order chi connectivity index (χ0) is 15.9. The number of ether oxygens (including phenoxy) is 2. The van der Waals surface area contributed by atoms with Crippen molar-refractivity contribution in [1.29, 1.82) is 0 Å². The average Bonchev–Trinajstić information content (AvgIpc) is 2.45. The molecule has 2 N–H and O–H groups in total. The highest BCUT2D eigenvalue weighted by Gasteiger charge is 2.15. The van der Waals surface area contributed by atoms with E-state index in [1.807, 2.05) is 0 Å². The van der Waals surface area contributed by atoms with Crippen molar-refractivity contribution in [2.45, 2.75) is 11.8 Å². The van der Waals surface area contributed by atoms with Gasteiger partial charge in [0, 0.05) is 12.8 Å². The molecule has 0 aromatic heterocycles. The zero-order valence-electron chi connectivity index (χ0n) is 12.3. The first-order valence-electron chi connectivity index (χ1n) is 6.31. The van der Waals surface area contributed by atoms with Crippen molar-refractivity contribution in [2.75, 3.05) is 39.3 Å². The summed E-state index contributed by atoms with van der Waals surface area (Å²) in [6.45, 7) is 2.29. The molecule has 8 heteroatoms. The summed E-state index contributed by atoms with van der Waals surface area (Å²) in [5.74, 6) is -0.359. The molecule has 0 saturated carbocycles. The fraction of sp³-hybridized carbons (Fsp3) is 0.462. The first-order valence-corrected chi connectivity index (χ1v) is 7.79. The van der Waals surface area contributed by atoms with E-state index >= 15 is 0 Å². The molecule has 1 aromatic carbocycles. The van der Waals surface area contributed by atoms with E-state index in [4.69, 9.17) is 9.47 Å². The van der Waals surface area contributed by atoms with Gasteiger partial charge in [0.2, 0.25) is 15.9 Å². The molecule has 1 aromatic rings. The molecule has 1 amide bonds. The van der Waals surface area contributed by atoms with Gasteiger partial charge in [-0.2, -0.15) is 0 Å². The summed E-state index contributed by atoms with van der Waals surface area (Å²) in [4.78, 5) is 11.8. The average molecular weight is 316 g/mol. The fourth-order valence-electron chi connectivity index (χ4n) is 1.58. The van der Waals surface area contributed by atoms with Crippen LogP contribution in [0.5, 0.6) is 0 Å². The van der Waals surface area contributed by atoms with Gasteiger partial charge in [-0.3, -0.25) is 4.79 Å². The van der Waals surface area contributed by atoms with Gasteiger partial charge in [0.15, 0.2) is 0 Å². The standard InChI is InChI=1S/C13H20N2O5S/c1-10-4-5-11(8-12(10)21(17,18)14-2)15-13(16)9-20-7-6-19-3/h4-5,8,14H,6-7,9H2,1-3H3,(H,15,16). The predicted molar refractivity (Wildman–Crippen MR) is 78.7 cm³/mol. The molecule has 7 nitrogen and oxygen atoms in total. The van der Waals surface area contributed by atoms with E-state index in [-0.39, 0.29) is 17.4 Å². The van der Waals surface area contributed by atoms with Crippen LogP contribution >= 0.6 is 0 Å². The molecule has 21 heavy (non-hydrogen) atoms. The Kier molecular flexibility index (Phi) is 6.76. The van der Waals surface area contributed by atoms with E-state index in [1.165, 1.54) is 13.1 Å². The maximum Gasteiger partial charge on any atom is 0.250 e. The predicted octanol–water partition coefficient (Wildman–Crippen LogP) is 0.505. The van der Waals surface area contributed by atoms with Crippen molar-refractivity contribution < 1.29 is 22.7 Å². The van der Waals surface area contributed by atoms with Gasteiger partial charge in [0.1, 0.15) is 6.61 Å². The van der Waals surface area contributed by atoms with Gasteiger partial charge in [-0.05, 0) is 31.7 Å². The Morgan fingerprint density at radius 3 is 2.62 bits per heavy atom. The summed E-state index contributed by atoms with van der Waals surface area (Å²) in [5.41, 5.74) is 0.994. The van der Waals surface area contributed by atoms with Crippen molar-refractivity contribution in [3.8, 4) is 0 Å². The topological polar surface area (TPSA) is 93.7 Å². The molecule has 0 radical (unpaired) electrons. The summed E-state index contributed by atoms with van der Waals surface area (Å²) >= 11 is 0. The van der Waals surface area contributed by atoms with Gasteiger partial charge in [-0.1, -0.05) is 6.07 Å². The highest BCUT2D eigenvalue weighted by Crippen LogP contribution is 2.19. The van der Waals surface area contributed by atoms with E-state index in [1.54, 1.807) is 26.2 Å². The second-order valence-corrected chi connectivity index (χ2v) is 6.14. The summed E-state index contributed by atoms with van der Waals surface area (Å²) in [5, 5.41) is 2.59. The third-order valence-corrected chi connectivity index (χ3v) is 4.25. The molecule has 0 aliphatic heterocycles. The Balaban J connectivity index is 2.73. The Morgan fingerprint density at radius 1 is 1.29 bits per heavy atom. The molecule has 0 atom stereocenters. The zero-order valence-corrected chi connectivity index (χ0v) is 13.1. The summed E-state index contributed by atoms with van der Waals surface area (Å²) in [7, 11) is -0.682. The number of nitrogens with one attached hydrogen (secondary N) is 2. The lowest BCUT2D eigenvalue weighted by Gasteiger charge is -2.10. The van der Waals surface area contributed by atoms with Crippen LogP contribution in [0, 0.1) is 6.92 Å². The van der Waals surface area contributed by atoms with E-state index < -0.39 is 10.0 Å². The number of hydrogen-bond donors (Lipinski definition) is 2. The molecule has 0 aliphatic carbocycles. The molecule has 0 saturated heterocycles. The molecule has 0 fully saturated rings. The minimum absolute atomic E-state index is 0.120. The molecule has 0 aliphatic rings. The number of anilines is 1. The number of aryl methyl sites for hydroxylation is 1. The summed E-state index contributed by atoms with van der Waals surface area (Å²) < 4.78 is 35.8. The van der Waals surface area contributed by atoms with E-state index in [0.29, 0.717) is 24.5 Å². The van der Waals surface area contributed by atoms with Crippen LogP contribution in [0.15, 0.2) is 23.1 Å². The largest absolute Gasteiger partial charge is 0.382 e. The number of benzene rings is 1. The lowest BCUT2D eigenvalue weighted by molar-refractivity contribution is -0.121. The van der Waals surface area contributed by atoms with Crippen molar-refractivity contribution in [3.63, 3.8) is 0 Å². The van der Waals surface area contributed by atoms with Gasteiger partial charge < -0.3 is 14.8 Å². The molecular formula is C13H20N2O5S. The fourth-order valence-corrected chi connectivity index (χ4v) is 2.58. The maximum atomic E-state index is 11.8. The third kappa shape index (κ3) is 5.43. The highest BCUT2D eigenvalue weighted by atomic mass is 32.2. The second-order valence-electron chi connectivity index (χ2n) is 4.28. The minimum atomic E-state index is -3.56. The van der Waals surface area contributed by atoms with Crippen LogP contribution in [0.2, 0.25) is 0 Å².